The number of hydrogen-bond acceptors (Lipinski definition) is 4. The third-order valence-corrected chi connectivity index (χ3v) is 5.20. The second-order valence-electron chi connectivity index (χ2n) is 8.43. The van der Waals surface area contributed by atoms with Gasteiger partial charge in [-0.1, -0.05) is 78.1 Å². The molecule has 0 rings (SSSR count). The zero-order chi connectivity index (χ0) is 23.0. The maximum absolute atomic E-state index is 10.3. The second kappa shape index (κ2) is 27.4. The summed E-state index contributed by atoms with van der Waals surface area (Å²) in [5.74, 6) is -1.41. The molecule has 0 spiro atoms. The molecule has 0 aromatic rings. The first-order valence-electron chi connectivity index (χ1n) is 12.1. The van der Waals surface area contributed by atoms with E-state index in [9.17, 15) is 9.59 Å². The number of rotatable bonds is 20. The molecular formula is C24H50N2NiO4+2. The Bertz CT molecular complexity index is 362. The number of hydrogen-bond donors (Lipinski definition) is 2. The molecule has 0 saturated carbocycles. The average Bonchev–Trinajstić information content (AvgIpc) is 2.70. The summed E-state index contributed by atoms with van der Waals surface area (Å²) in [6, 6.07) is 0. The van der Waals surface area contributed by atoms with E-state index in [1.807, 2.05) is 14.1 Å². The van der Waals surface area contributed by atoms with Crippen molar-refractivity contribution in [1.29, 1.82) is 0 Å². The maximum atomic E-state index is 10.3. The summed E-state index contributed by atoms with van der Waals surface area (Å²) in [6.07, 6.45) is 16.0. The normalized spacial score (nSPS) is 10.5. The summed E-state index contributed by atoms with van der Waals surface area (Å²) in [7, 11) is 3.99. The topological polar surface area (TPSA) is 81.1 Å². The van der Waals surface area contributed by atoms with Crippen LogP contribution in [0.4, 0.5) is 0 Å². The summed E-state index contributed by atoms with van der Waals surface area (Å²) < 4.78 is 0. The van der Waals surface area contributed by atoms with Crippen LogP contribution in [0.3, 0.4) is 0 Å². The SMILES string of the molecule is CCCCCCCCN(C)CCC(=O)O.CCCCCCCCN(C)CCC(=O)O.[Ni+2]. The van der Waals surface area contributed by atoms with E-state index in [-0.39, 0.29) is 29.3 Å². The van der Waals surface area contributed by atoms with Crippen molar-refractivity contribution in [3.05, 3.63) is 0 Å². The van der Waals surface area contributed by atoms with Crippen LogP contribution in [0.5, 0.6) is 0 Å². The third-order valence-electron chi connectivity index (χ3n) is 5.20. The second-order valence-corrected chi connectivity index (χ2v) is 8.43. The monoisotopic (exact) mass is 488 g/mol. The number of unbranched alkanes of at least 4 members (excludes halogenated alkanes) is 10. The quantitative estimate of drug-likeness (QED) is 0.174. The molecule has 0 atom stereocenters. The largest absolute Gasteiger partial charge is 2.00 e. The Balaban J connectivity index is -0.000000490. The van der Waals surface area contributed by atoms with Gasteiger partial charge in [-0.2, -0.15) is 0 Å². The van der Waals surface area contributed by atoms with E-state index >= 15 is 0 Å². The summed E-state index contributed by atoms with van der Waals surface area (Å²) in [6.45, 7) is 7.84. The Labute approximate surface area is 202 Å². The van der Waals surface area contributed by atoms with Crippen LogP contribution in [0.25, 0.3) is 0 Å². The Hall–Kier alpha value is -0.646. The van der Waals surface area contributed by atoms with Gasteiger partial charge in [0.25, 0.3) is 0 Å². The van der Waals surface area contributed by atoms with E-state index in [4.69, 9.17) is 10.2 Å². The molecule has 7 heteroatoms. The number of carboxylic acid groups (broad SMARTS) is 2. The molecule has 0 amide bonds. The van der Waals surface area contributed by atoms with Crippen molar-refractivity contribution < 1.29 is 36.3 Å². The fourth-order valence-electron chi connectivity index (χ4n) is 3.12. The summed E-state index contributed by atoms with van der Waals surface area (Å²) in [5.41, 5.74) is 0. The van der Waals surface area contributed by atoms with Crippen molar-refractivity contribution in [1.82, 2.24) is 9.80 Å². The van der Waals surface area contributed by atoms with Crippen LogP contribution in [0.1, 0.15) is 104 Å². The average molecular weight is 489 g/mol. The van der Waals surface area contributed by atoms with Crippen molar-refractivity contribution >= 4 is 11.9 Å². The molecule has 0 aromatic carbocycles. The first-order valence-corrected chi connectivity index (χ1v) is 12.1. The van der Waals surface area contributed by atoms with E-state index in [0.717, 1.165) is 13.1 Å². The van der Waals surface area contributed by atoms with Crippen LogP contribution in [-0.4, -0.2) is 72.2 Å². The van der Waals surface area contributed by atoms with Crippen molar-refractivity contribution in [2.75, 3.05) is 40.3 Å². The molecule has 31 heavy (non-hydrogen) atoms. The van der Waals surface area contributed by atoms with Gasteiger partial charge in [-0.25, -0.2) is 0 Å². The van der Waals surface area contributed by atoms with Crippen LogP contribution in [0.2, 0.25) is 0 Å². The fraction of sp³-hybridized carbons (Fsp3) is 0.917. The smallest absolute Gasteiger partial charge is 0.481 e. The third kappa shape index (κ3) is 34.2. The minimum Gasteiger partial charge on any atom is -0.481 e. The van der Waals surface area contributed by atoms with Crippen molar-refractivity contribution in [3.8, 4) is 0 Å². The van der Waals surface area contributed by atoms with Crippen LogP contribution < -0.4 is 0 Å². The standard InChI is InChI=1S/2C12H25NO2.Ni/c2*1-3-4-5-6-7-8-10-13(2)11-9-12(14)15;/h2*3-11H2,1-2H3,(H,14,15);/q;;+2. The van der Waals surface area contributed by atoms with Gasteiger partial charge < -0.3 is 20.0 Å². The molecule has 0 bridgehead atoms. The van der Waals surface area contributed by atoms with E-state index in [1.54, 1.807) is 0 Å². The Morgan fingerprint density at radius 2 is 0.839 bits per heavy atom. The van der Waals surface area contributed by atoms with Crippen LogP contribution in [0.15, 0.2) is 0 Å². The number of aliphatic carboxylic acids is 2. The van der Waals surface area contributed by atoms with E-state index in [2.05, 4.69) is 23.6 Å². The predicted octanol–water partition coefficient (Wildman–Crippen LogP) is 5.50. The number of carboxylic acids is 2. The maximum Gasteiger partial charge on any atom is 2.00 e. The van der Waals surface area contributed by atoms with Crippen molar-refractivity contribution in [3.63, 3.8) is 0 Å². The van der Waals surface area contributed by atoms with Crippen LogP contribution >= 0.6 is 0 Å². The van der Waals surface area contributed by atoms with Gasteiger partial charge in [-0.05, 0) is 40.0 Å². The first kappa shape index (κ1) is 35.0. The molecule has 0 aliphatic rings. The van der Waals surface area contributed by atoms with Gasteiger partial charge in [0.15, 0.2) is 0 Å². The van der Waals surface area contributed by atoms with Crippen molar-refractivity contribution in [2.24, 2.45) is 0 Å². The van der Waals surface area contributed by atoms with E-state index < -0.39 is 11.9 Å². The molecule has 2 N–H and O–H groups in total. The molecule has 0 heterocycles. The number of carbonyl (C=O) groups is 2. The zero-order valence-electron chi connectivity index (χ0n) is 20.6. The van der Waals surface area contributed by atoms with Gasteiger partial charge in [0.1, 0.15) is 0 Å². The van der Waals surface area contributed by atoms with Gasteiger partial charge in [-0.3, -0.25) is 9.59 Å². The molecule has 0 unspecified atom stereocenters. The van der Waals surface area contributed by atoms with Gasteiger partial charge in [0.2, 0.25) is 0 Å². The van der Waals surface area contributed by atoms with Gasteiger partial charge in [0.05, 0.1) is 12.8 Å². The molecular weight excluding hydrogens is 439 g/mol. The molecule has 6 nitrogen and oxygen atoms in total. The zero-order valence-corrected chi connectivity index (χ0v) is 21.6. The summed E-state index contributed by atoms with van der Waals surface area (Å²) in [5, 5.41) is 17.0. The van der Waals surface area contributed by atoms with E-state index in [1.165, 1.54) is 77.0 Å². The minimum absolute atomic E-state index is 0. The summed E-state index contributed by atoms with van der Waals surface area (Å²) >= 11 is 0. The summed E-state index contributed by atoms with van der Waals surface area (Å²) in [4.78, 5) is 24.9. The van der Waals surface area contributed by atoms with Gasteiger partial charge in [-0.15, -0.1) is 0 Å². The fourth-order valence-corrected chi connectivity index (χ4v) is 3.12. The molecule has 0 aromatic heterocycles. The van der Waals surface area contributed by atoms with Crippen molar-refractivity contribution in [2.45, 2.75) is 104 Å². The van der Waals surface area contributed by atoms with Crippen LogP contribution in [-0.2, 0) is 26.1 Å². The molecule has 0 aliphatic heterocycles. The number of nitrogens with zero attached hydrogens (tertiary/aromatic N) is 2. The molecule has 0 radical (unpaired) electrons. The Morgan fingerprint density at radius 3 is 1.13 bits per heavy atom. The van der Waals surface area contributed by atoms with Crippen LogP contribution in [0, 0.1) is 0 Å². The van der Waals surface area contributed by atoms with E-state index in [0.29, 0.717) is 13.1 Å². The molecule has 188 valence electrons. The molecule has 0 saturated heterocycles. The van der Waals surface area contributed by atoms with Gasteiger partial charge in [0, 0.05) is 13.1 Å². The molecule has 0 fully saturated rings. The minimum atomic E-state index is -0.704. The predicted molar refractivity (Wildman–Crippen MR) is 126 cm³/mol. The first-order chi connectivity index (χ1) is 14.3. The Morgan fingerprint density at radius 1 is 0.548 bits per heavy atom. The van der Waals surface area contributed by atoms with Gasteiger partial charge >= 0.3 is 28.4 Å². The Kier molecular flexibility index (Phi) is 30.9. The molecule has 0 aliphatic carbocycles.